The molecule has 1 atom stereocenters. The van der Waals surface area contributed by atoms with Gasteiger partial charge in [0.2, 0.25) is 5.95 Å². The summed E-state index contributed by atoms with van der Waals surface area (Å²) in [5.74, 6) is 0.647. The molecule has 0 unspecified atom stereocenters. The highest BCUT2D eigenvalue weighted by Crippen LogP contribution is 2.25. The lowest BCUT2D eigenvalue weighted by atomic mass is 9.93. The molecule has 1 aromatic heterocycles. The maximum atomic E-state index is 12.8. The highest BCUT2D eigenvalue weighted by molar-refractivity contribution is 5.86. The van der Waals surface area contributed by atoms with Crippen LogP contribution in [0.15, 0.2) is 48.8 Å². The Morgan fingerprint density at radius 3 is 2.40 bits per heavy atom. The van der Waals surface area contributed by atoms with Gasteiger partial charge in [0.15, 0.2) is 5.60 Å². The number of hydrogen-bond donors (Lipinski definition) is 1. The molecule has 0 aliphatic carbocycles. The van der Waals surface area contributed by atoms with Crippen molar-refractivity contribution in [2.24, 2.45) is 0 Å². The Morgan fingerprint density at radius 2 is 1.80 bits per heavy atom. The predicted molar refractivity (Wildman–Crippen MR) is 96.2 cm³/mol. The van der Waals surface area contributed by atoms with Gasteiger partial charge in [-0.1, -0.05) is 30.3 Å². The molecule has 1 aliphatic heterocycles. The van der Waals surface area contributed by atoms with Gasteiger partial charge in [0.05, 0.1) is 0 Å². The third-order valence-corrected chi connectivity index (χ3v) is 4.83. The molecule has 1 amide bonds. The van der Waals surface area contributed by atoms with E-state index in [0.29, 0.717) is 0 Å². The lowest BCUT2D eigenvalue weighted by Crippen LogP contribution is -2.51. The summed E-state index contributed by atoms with van der Waals surface area (Å²) in [5, 5.41) is 3.15. The zero-order valence-corrected chi connectivity index (χ0v) is 14.7. The first kappa shape index (κ1) is 17.4. The summed E-state index contributed by atoms with van der Waals surface area (Å²) in [6.45, 7) is 3.46. The van der Waals surface area contributed by atoms with Crippen LogP contribution in [0.3, 0.4) is 0 Å². The molecule has 0 spiro atoms. The monoisotopic (exact) mass is 340 g/mol. The second-order valence-electron chi connectivity index (χ2n) is 6.39. The molecule has 6 nitrogen and oxygen atoms in total. The van der Waals surface area contributed by atoms with Gasteiger partial charge in [0, 0.05) is 38.6 Å². The number of benzene rings is 1. The van der Waals surface area contributed by atoms with Crippen molar-refractivity contribution in [1.82, 2.24) is 15.3 Å². The normalized spacial score (nSPS) is 17.8. The van der Waals surface area contributed by atoms with Crippen LogP contribution < -0.4 is 10.2 Å². The Labute approximate surface area is 148 Å². The summed E-state index contributed by atoms with van der Waals surface area (Å²) in [6.07, 6.45) is 5.22. The fourth-order valence-electron chi connectivity index (χ4n) is 3.10. The van der Waals surface area contributed by atoms with E-state index in [-0.39, 0.29) is 11.9 Å². The first-order valence-corrected chi connectivity index (χ1v) is 8.57. The minimum Gasteiger partial charge on any atom is -0.364 e. The number of hydrogen-bond acceptors (Lipinski definition) is 5. The van der Waals surface area contributed by atoms with Crippen molar-refractivity contribution in [2.75, 3.05) is 25.1 Å². The number of ether oxygens (including phenoxy) is 1. The Kier molecular flexibility index (Phi) is 5.28. The molecule has 25 heavy (non-hydrogen) atoms. The van der Waals surface area contributed by atoms with Crippen LogP contribution >= 0.6 is 0 Å². The molecule has 1 aromatic carbocycles. The van der Waals surface area contributed by atoms with E-state index in [2.05, 4.69) is 20.2 Å². The zero-order chi connectivity index (χ0) is 17.7. The van der Waals surface area contributed by atoms with Crippen molar-refractivity contribution in [3.63, 3.8) is 0 Å². The number of rotatable bonds is 5. The summed E-state index contributed by atoms with van der Waals surface area (Å²) in [5.41, 5.74) is -0.133. The fourth-order valence-corrected chi connectivity index (χ4v) is 3.10. The van der Waals surface area contributed by atoms with Gasteiger partial charge < -0.3 is 15.0 Å². The number of piperidine rings is 1. The molecule has 1 aliphatic rings. The second kappa shape index (κ2) is 7.61. The SMILES string of the molecule is CO[C@@](C)(C(=O)NC1CCN(c2ncccn2)CC1)c1ccccc1. The second-order valence-corrected chi connectivity index (χ2v) is 6.39. The van der Waals surface area contributed by atoms with E-state index in [4.69, 9.17) is 4.74 Å². The summed E-state index contributed by atoms with van der Waals surface area (Å²) < 4.78 is 5.58. The number of carbonyl (C=O) groups is 1. The molecule has 3 rings (SSSR count). The van der Waals surface area contributed by atoms with Gasteiger partial charge in [0.25, 0.3) is 5.91 Å². The molecule has 132 valence electrons. The molecular formula is C19H24N4O2. The number of nitrogens with one attached hydrogen (secondary N) is 1. The molecule has 0 bridgehead atoms. The smallest absolute Gasteiger partial charge is 0.256 e. The number of carbonyl (C=O) groups excluding carboxylic acids is 1. The van der Waals surface area contributed by atoms with E-state index in [9.17, 15) is 4.79 Å². The number of nitrogens with zero attached hydrogens (tertiary/aromatic N) is 3. The molecule has 0 radical (unpaired) electrons. The first-order valence-electron chi connectivity index (χ1n) is 8.57. The molecule has 2 heterocycles. The van der Waals surface area contributed by atoms with Gasteiger partial charge in [-0.05, 0) is 31.4 Å². The zero-order valence-electron chi connectivity index (χ0n) is 14.7. The summed E-state index contributed by atoms with van der Waals surface area (Å²) in [4.78, 5) is 23.6. The average Bonchev–Trinajstić information content (AvgIpc) is 2.69. The largest absolute Gasteiger partial charge is 0.364 e. The van der Waals surface area contributed by atoms with E-state index >= 15 is 0 Å². The topological polar surface area (TPSA) is 67.3 Å². The Morgan fingerprint density at radius 1 is 1.16 bits per heavy atom. The van der Waals surface area contributed by atoms with Gasteiger partial charge in [-0.3, -0.25) is 4.79 Å². The molecule has 2 aromatic rings. The third-order valence-electron chi connectivity index (χ3n) is 4.83. The van der Waals surface area contributed by atoms with Crippen molar-refractivity contribution in [3.8, 4) is 0 Å². The Bertz CT molecular complexity index is 687. The van der Waals surface area contributed by atoms with Crippen LogP contribution in [0.25, 0.3) is 0 Å². The van der Waals surface area contributed by atoms with Crippen LogP contribution in [0.1, 0.15) is 25.3 Å². The number of aromatic nitrogens is 2. The minimum atomic E-state index is -0.985. The number of methoxy groups -OCH3 is 1. The average molecular weight is 340 g/mol. The molecule has 1 saturated heterocycles. The molecule has 0 saturated carbocycles. The third kappa shape index (κ3) is 3.79. The van der Waals surface area contributed by atoms with Gasteiger partial charge in [-0.2, -0.15) is 0 Å². The quantitative estimate of drug-likeness (QED) is 0.903. The van der Waals surface area contributed by atoms with Crippen LogP contribution in [0.2, 0.25) is 0 Å². The molecule has 6 heteroatoms. The fraction of sp³-hybridized carbons (Fsp3) is 0.421. The summed E-state index contributed by atoms with van der Waals surface area (Å²) in [7, 11) is 1.57. The van der Waals surface area contributed by atoms with Crippen LogP contribution in [0.5, 0.6) is 0 Å². The Balaban J connectivity index is 1.60. The van der Waals surface area contributed by atoms with Gasteiger partial charge in [-0.25, -0.2) is 9.97 Å². The van der Waals surface area contributed by atoms with Crippen molar-refractivity contribution in [3.05, 3.63) is 54.4 Å². The van der Waals surface area contributed by atoms with Crippen LogP contribution in [0, 0.1) is 0 Å². The van der Waals surface area contributed by atoms with Gasteiger partial charge >= 0.3 is 0 Å². The molecule has 1 fully saturated rings. The van der Waals surface area contributed by atoms with Gasteiger partial charge in [-0.15, -0.1) is 0 Å². The molecule has 1 N–H and O–H groups in total. The maximum absolute atomic E-state index is 12.8. The first-order chi connectivity index (χ1) is 12.1. The minimum absolute atomic E-state index is 0.101. The van der Waals surface area contributed by atoms with E-state index < -0.39 is 5.60 Å². The van der Waals surface area contributed by atoms with E-state index in [1.807, 2.05) is 43.3 Å². The number of anilines is 1. The predicted octanol–water partition coefficient (Wildman–Crippen LogP) is 2.12. The lowest BCUT2D eigenvalue weighted by Gasteiger charge is -2.35. The van der Waals surface area contributed by atoms with E-state index in [0.717, 1.165) is 37.4 Å². The lowest BCUT2D eigenvalue weighted by molar-refractivity contribution is -0.143. The Hall–Kier alpha value is -2.47. The standard InChI is InChI=1S/C19H24N4O2/c1-19(25-2,15-7-4-3-5-8-15)17(24)22-16-9-13-23(14-10-16)18-20-11-6-12-21-18/h3-8,11-12,16H,9-10,13-14H2,1-2H3,(H,22,24)/t19-/m1/s1. The maximum Gasteiger partial charge on any atom is 0.256 e. The van der Waals surface area contributed by atoms with E-state index in [1.165, 1.54) is 0 Å². The van der Waals surface area contributed by atoms with Crippen LogP contribution in [0.4, 0.5) is 5.95 Å². The number of amides is 1. The summed E-state index contributed by atoms with van der Waals surface area (Å²) >= 11 is 0. The van der Waals surface area contributed by atoms with E-state index in [1.54, 1.807) is 19.5 Å². The van der Waals surface area contributed by atoms with Crippen LogP contribution in [-0.4, -0.2) is 42.1 Å². The highest BCUT2D eigenvalue weighted by Gasteiger charge is 2.36. The van der Waals surface area contributed by atoms with Crippen molar-refractivity contribution >= 4 is 11.9 Å². The van der Waals surface area contributed by atoms with Crippen molar-refractivity contribution < 1.29 is 9.53 Å². The highest BCUT2D eigenvalue weighted by atomic mass is 16.5. The summed E-state index contributed by atoms with van der Waals surface area (Å²) in [6, 6.07) is 11.5. The van der Waals surface area contributed by atoms with Gasteiger partial charge in [0.1, 0.15) is 0 Å². The molecular weight excluding hydrogens is 316 g/mol. The van der Waals surface area contributed by atoms with Crippen LogP contribution in [-0.2, 0) is 15.1 Å². The van der Waals surface area contributed by atoms with Crippen molar-refractivity contribution in [2.45, 2.75) is 31.4 Å². The van der Waals surface area contributed by atoms with Crippen molar-refractivity contribution in [1.29, 1.82) is 0 Å².